The predicted octanol–water partition coefficient (Wildman–Crippen LogP) is 3.73. The number of pyridine rings is 1. The number of methoxy groups -OCH3 is 1. The topological polar surface area (TPSA) is 48.0 Å². The number of halogens is 2. The van der Waals surface area contributed by atoms with Crippen LogP contribution in [0.5, 0.6) is 11.5 Å². The van der Waals surface area contributed by atoms with Crippen molar-refractivity contribution in [2.75, 3.05) is 7.11 Å². The van der Waals surface area contributed by atoms with E-state index in [-0.39, 0.29) is 12.4 Å². The van der Waals surface area contributed by atoms with Crippen molar-refractivity contribution in [1.29, 1.82) is 0 Å². The third-order valence-corrected chi connectivity index (χ3v) is 4.53. The molecule has 2 aromatic carbocycles. The van der Waals surface area contributed by atoms with E-state index in [1.807, 2.05) is 30.3 Å². The number of hydrogen-bond acceptors (Lipinski definition) is 3. The molecule has 0 aliphatic rings. The van der Waals surface area contributed by atoms with Gasteiger partial charge in [0.2, 0.25) is 0 Å². The Bertz CT molecular complexity index is 870. The van der Waals surface area contributed by atoms with E-state index < -0.39 is 0 Å². The van der Waals surface area contributed by atoms with Crippen molar-refractivity contribution in [3.63, 3.8) is 0 Å². The lowest BCUT2D eigenvalue weighted by atomic mass is 10.2. The molecule has 140 valence electrons. The van der Waals surface area contributed by atoms with E-state index in [1.165, 1.54) is 11.6 Å². The van der Waals surface area contributed by atoms with Crippen LogP contribution in [0.15, 0.2) is 60.9 Å². The van der Waals surface area contributed by atoms with E-state index in [1.54, 1.807) is 31.6 Å². The molecule has 1 aromatic heterocycles. The fraction of sp³-hybridized carbons (Fsp3) is 0.190. The lowest BCUT2D eigenvalue weighted by Gasteiger charge is -2.13. The molecule has 27 heavy (non-hydrogen) atoms. The van der Waals surface area contributed by atoms with Crippen LogP contribution in [0.1, 0.15) is 16.7 Å². The van der Waals surface area contributed by atoms with Crippen LogP contribution in [0, 0.1) is 5.82 Å². The Kier molecular flexibility index (Phi) is 6.63. The molecule has 1 heterocycles. The lowest BCUT2D eigenvalue weighted by Crippen LogP contribution is -2.80. The first-order valence-corrected chi connectivity index (χ1v) is 8.98. The molecule has 0 unspecified atom stereocenters. The second-order valence-electron chi connectivity index (χ2n) is 6.03. The van der Waals surface area contributed by atoms with E-state index in [9.17, 15) is 4.39 Å². The molecule has 0 aliphatic heterocycles. The summed E-state index contributed by atoms with van der Waals surface area (Å²) in [6.45, 7) is 1.71. The maximum Gasteiger partial charge on any atom is 0.161 e. The lowest BCUT2D eigenvalue weighted by molar-refractivity contribution is -0.686. The van der Waals surface area contributed by atoms with Crippen molar-refractivity contribution >= 4 is 11.6 Å². The van der Waals surface area contributed by atoms with Crippen LogP contribution in [0.25, 0.3) is 0 Å². The summed E-state index contributed by atoms with van der Waals surface area (Å²) in [5.41, 5.74) is 2.66. The third-order valence-electron chi connectivity index (χ3n) is 4.17. The Morgan fingerprint density at radius 1 is 1.00 bits per heavy atom. The third kappa shape index (κ3) is 5.18. The standard InChI is InChI=1S/C21H20ClFN2O2/c1-26-21-11-16(13-25-12-15-7-9-24-10-8-15)5-6-20(21)27-14-17-18(22)3-2-4-19(17)23/h2-11,25H,12-14H2,1H3/p+1. The summed E-state index contributed by atoms with van der Waals surface area (Å²) in [5.74, 6) is 0.774. The van der Waals surface area contributed by atoms with Gasteiger partial charge in [-0.3, -0.25) is 4.98 Å². The van der Waals surface area contributed by atoms with Gasteiger partial charge in [-0.1, -0.05) is 17.7 Å². The Hall–Kier alpha value is -2.63. The molecule has 0 saturated carbocycles. The molecule has 4 nitrogen and oxygen atoms in total. The number of benzene rings is 2. The van der Waals surface area contributed by atoms with Gasteiger partial charge in [0.1, 0.15) is 25.5 Å². The molecule has 0 amide bonds. The van der Waals surface area contributed by atoms with Crippen LogP contribution in [0.3, 0.4) is 0 Å². The maximum atomic E-state index is 13.9. The average molecular weight is 388 g/mol. The van der Waals surface area contributed by atoms with Crippen LogP contribution >= 0.6 is 11.6 Å². The van der Waals surface area contributed by atoms with Crippen molar-refractivity contribution in [3.05, 3.63) is 88.5 Å². The Morgan fingerprint density at radius 3 is 2.52 bits per heavy atom. The van der Waals surface area contributed by atoms with Gasteiger partial charge in [0, 0.05) is 29.1 Å². The number of nitrogens with zero attached hydrogens (tertiary/aromatic N) is 1. The molecule has 2 N–H and O–H groups in total. The summed E-state index contributed by atoms with van der Waals surface area (Å²) < 4.78 is 25.0. The quantitative estimate of drug-likeness (QED) is 0.640. The van der Waals surface area contributed by atoms with Gasteiger partial charge in [-0.15, -0.1) is 0 Å². The molecule has 3 aromatic rings. The number of ether oxygens (including phenoxy) is 2. The predicted molar refractivity (Wildman–Crippen MR) is 102 cm³/mol. The number of quaternary nitrogens is 1. The molecule has 0 radical (unpaired) electrons. The Balaban J connectivity index is 1.62. The summed E-state index contributed by atoms with van der Waals surface area (Å²) in [6.07, 6.45) is 3.58. The normalized spacial score (nSPS) is 10.6. The second-order valence-corrected chi connectivity index (χ2v) is 6.43. The summed E-state index contributed by atoms with van der Waals surface area (Å²) in [6, 6.07) is 14.3. The number of hydrogen-bond donors (Lipinski definition) is 1. The van der Waals surface area contributed by atoms with Crippen LogP contribution in [-0.4, -0.2) is 12.1 Å². The first-order chi connectivity index (χ1) is 13.2. The van der Waals surface area contributed by atoms with Gasteiger partial charge in [0.05, 0.1) is 12.1 Å². The Morgan fingerprint density at radius 2 is 1.78 bits per heavy atom. The largest absolute Gasteiger partial charge is 0.493 e. The molecular weight excluding hydrogens is 367 g/mol. The van der Waals surface area contributed by atoms with Crippen molar-refractivity contribution in [3.8, 4) is 11.5 Å². The van der Waals surface area contributed by atoms with Crippen LogP contribution in [-0.2, 0) is 19.7 Å². The molecule has 0 spiro atoms. The fourth-order valence-corrected chi connectivity index (χ4v) is 2.92. The van der Waals surface area contributed by atoms with Gasteiger partial charge in [0.15, 0.2) is 11.5 Å². The van der Waals surface area contributed by atoms with E-state index in [4.69, 9.17) is 21.1 Å². The zero-order valence-electron chi connectivity index (χ0n) is 15.0. The molecule has 0 atom stereocenters. The molecular formula is C21H21ClFN2O2+. The molecule has 6 heteroatoms. The molecule has 0 aliphatic carbocycles. The number of aromatic nitrogens is 1. The van der Waals surface area contributed by atoms with Crippen LogP contribution in [0.4, 0.5) is 4.39 Å². The van der Waals surface area contributed by atoms with E-state index >= 15 is 0 Å². The fourth-order valence-electron chi connectivity index (χ4n) is 2.70. The average Bonchev–Trinajstić information content (AvgIpc) is 2.69. The maximum absolute atomic E-state index is 13.9. The van der Waals surface area contributed by atoms with Crippen molar-refractivity contribution in [2.24, 2.45) is 0 Å². The second kappa shape index (κ2) is 9.35. The van der Waals surface area contributed by atoms with E-state index in [0.717, 1.165) is 18.7 Å². The first kappa shape index (κ1) is 19.1. The highest BCUT2D eigenvalue weighted by atomic mass is 35.5. The Labute approximate surface area is 162 Å². The van der Waals surface area contributed by atoms with Gasteiger partial charge in [-0.05, 0) is 42.5 Å². The zero-order valence-corrected chi connectivity index (χ0v) is 15.7. The van der Waals surface area contributed by atoms with E-state index in [2.05, 4.69) is 10.3 Å². The monoisotopic (exact) mass is 387 g/mol. The first-order valence-electron chi connectivity index (χ1n) is 8.60. The molecule has 3 rings (SSSR count). The van der Waals surface area contributed by atoms with Gasteiger partial charge < -0.3 is 14.8 Å². The number of nitrogens with two attached hydrogens (primary N) is 1. The summed E-state index contributed by atoms with van der Waals surface area (Å²) in [5, 5.41) is 2.54. The van der Waals surface area contributed by atoms with E-state index in [0.29, 0.717) is 22.1 Å². The smallest absolute Gasteiger partial charge is 0.161 e. The molecule has 0 fully saturated rings. The van der Waals surface area contributed by atoms with Crippen molar-refractivity contribution in [2.45, 2.75) is 19.7 Å². The van der Waals surface area contributed by atoms with Gasteiger partial charge in [-0.25, -0.2) is 4.39 Å². The SMILES string of the molecule is COc1cc(C[NH2+]Cc2ccncc2)ccc1OCc1c(F)cccc1Cl. The summed E-state index contributed by atoms with van der Waals surface area (Å²) in [7, 11) is 1.59. The van der Waals surface area contributed by atoms with Crippen LogP contribution < -0.4 is 14.8 Å². The highest BCUT2D eigenvalue weighted by Crippen LogP contribution is 2.30. The minimum atomic E-state index is -0.385. The minimum Gasteiger partial charge on any atom is -0.493 e. The van der Waals surface area contributed by atoms with Crippen molar-refractivity contribution < 1.29 is 19.2 Å². The zero-order chi connectivity index (χ0) is 19.1. The van der Waals surface area contributed by atoms with Crippen molar-refractivity contribution in [1.82, 2.24) is 4.98 Å². The van der Waals surface area contributed by atoms with Gasteiger partial charge in [0.25, 0.3) is 0 Å². The highest BCUT2D eigenvalue weighted by molar-refractivity contribution is 6.31. The van der Waals surface area contributed by atoms with Crippen LogP contribution in [0.2, 0.25) is 5.02 Å². The summed E-state index contributed by atoms with van der Waals surface area (Å²) >= 11 is 6.04. The van der Waals surface area contributed by atoms with Gasteiger partial charge in [-0.2, -0.15) is 0 Å². The number of rotatable bonds is 8. The van der Waals surface area contributed by atoms with Gasteiger partial charge >= 0.3 is 0 Å². The minimum absolute atomic E-state index is 0.0371. The molecule has 0 saturated heterocycles. The summed E-state index contributed by atoms with van der Waals surface area (Å²) in [4.78, 5) is 4.02. The highest BCUT2D eigenvalue weighted by Gasteiger charge is 2.11. The molecule has 0 bridgehead atoms.